The SMILES string of the molecule is C[C@@H](OC(=O)c1ccc(Cl)cc1Cl)C(=O)Nc1c(F)cccc1F. The molecule has 126 valence electrons. The maximum Gasteiger partial charge on any atom is 0.340 e. The van der Waals surface area contributed by atoms with E-state index in [0.717, 1.165) is 18.2 Å². The van der Waals surface area contributed by atoms with Gasteiger partial charge < -0.3 is 10.1 Å². The molecule has 0 aliphatic rings. The summed E-state index contributed by atoms with van der Waals surface area (Å²) in [5, 5.41) is 2.43. The fraction of sp³-hybridized carbons (Fsp3) is 0.125. The molecule has 0 aromatic heterocycles. The van der Waals surface area contributed by atoms with E-state index in [1.54, 1.807) is 0 Å². The molecule has 0 spiro atoms. The number of carbonyl (C=O) groups is 2. The van der Waals surface area contributed by atoms with Gasteiger partial charge in [-0.25, -0.2) is 13.6 Å². The molecule has 2 aromatic rings. The summed E-state index contributed by atoms with van der Waals surface area (Å²) < 4.78 is 31.9. The topological polar surface area (TPSA) is 55.4 Å². The molecule has 1 N–H and O–H groups in total. The minimum Gasteiger partial charge on any atom is -0.449 e. The molecule has 8 heteroatoms. The van der Waals surface area contributed by atoms with E-state index >= 15 is 0 Å². The molecule has 1 atom stereocenters. The van der Waals surface area contributed by atoms with Crippen LogP contribution in [0.3, 0.4) is 0 Å². The molecular weight excluding hydrogens is 363 g/mol. The maximum absolute atomic E-state index is 13.5. The van der Waals surface area contributed by atoms with Crippen molar-refractivity contribution in [3.63, 3.8) is 0 Å². The molecule has 0 aliphatic carbocycles. The lowest BCUT2D eigenvalue weighted by Crippen LogP contribution is -2.30. The fourth-order valence-corrected chi connectivity index (χ4v) is 2.26. The highest BCUT2D eigenvalue weighted by molar-refractivity contribution is 6.36. The number of ether oxygens (including phenoxy) is 1. The molecule has 2 aromatic carbocycles. The predicted molar refractivity (Wildman–Crippen MR) is 86.3 cm³/mol. The van der Waals surface area contributed by atoms with Crippen molar-refractivity contribution in [2.75, 3.05) is 5.32 Å². The number of hydrogen-bond donors (Lipinski definition) is 1. The van der Waals surface area contributed by atoms with E-state index in [4.69, 9.17) is 27.9 Å². The van der Waals surface area contributed by atoms with Gasteiger partial charge in [-0.1, -0.05) is 29.3 Å². The Labute approximate surface area is 146 Å². The number of para-hydroxylation sites is 1. The van der Waals surface area contributed by atoms with Crippen molar-refractivity contribution >= 4 is 40.8 Å². The summed E-state index contributed by atoms with van der Waals surface area (Å²) in [6, 6.07) is 7.26. The van der Waals surface area contributed by atoms with Crippen LogP contribution in [-0.2, 0) is 9.53 Å². The summed E-state index contributed by atoms with van der Waals surface area (Å²) >= 11 is 11.6. The molecule has 0 radical (unpaired) electrons. The second-order valence-electron chi connectivity index (χ2n) is 4.76. The Morgan fingerprint density at radius 1 is 1.12 bits per heavy atom. The zero-order valence-corrected chi connectivity index (χ0v) is 13.8. The minimum absolute atomic E-state index is 0.0118. The Bertz CT molecular complexity index is 779. The van der Waals surface area contributed by atoms with Crippen LogP contribution < -0.4 is 5.32 Å². The third-order valence-corrected chi connectivity index (χ3v) is 3.56. The average molecular weight is 374 g/mol. The minimum atomic E-state index is -1.30. The summed E-state index contributed by atoms with van der Waals surface area (Å²) in [7, 11) is 0. The lowest BCUT2D eigenvalue weighted by molar-refractivity contribution is -0.123. The fourth-order valence-electron chi connectivity index (χ4n) is 1.77. The van der Waals surface area contributed by atoms with Crippen LogP contribution in [0.4, 0.5) is 14.5 Å². The van der Waals surface area contributed by atoms with Gasteiger partial charge in [0.1, 0.15) is 17.3 Å². The number of carbonyl (C=O) groups excluding carboxylic acids is 2. The van der Waals surface area contributed by atoms with E-state index in [9.17, 15) is 18.4 Å². The van der Waals surface area contributed by atoms with Gasteiger partial charge in [-0.15, -0.1) is 0 Å². The Hall–Kier alpha value is -2.18. The van der Waals surface area contributed by atoms with E-state index in [-0.39, 0.29) is 10.6 Å². The van der Waals surface area contributed by atoms with Crippen LogP contribution in [0.25, 0.3) is 0 Å². The largest absolute Gasteiger partial charge is 0.449 e. The summed E-state index contributed by atoms with van der Waals surface area (Å²) in [5.74, 6) is -3.64. The normalized spacial score (nSPS) is 11.7. The van der Waals surface area contributed by atoms with Crippen molar-refractivity contribution in [2.45, 2.75) is 13.0 Å². The van der Waals surface area contributed by atoms with Crippen molar-refractivity contribution in [1.29, 1.82) is 0 Å². The Balaban J connectivity index is 2.07. The third kappa shape index (κ3) is 4.21. The number of amides is 1. The number of halogens is 4. The second kappa shape index (κ2) is 7.59. The van der Waals surface area contributed by atoms with Crippen LogP contribution in [-0.4, -0.2) is 18.0 Å². The summed E-state index contributed by atoms with van der Waals surface area (Å²) in [5.41, 5.74) is -0.604. The smallest absolute Gasteiger partial charge is 0.340 e. The van der Waals surface area contributed by atoms with Crippen LogP contribution in [0.5, 0.6) is 0 Å². The molecule has 0 saturated carbocycles. The van der Waals surface area contributed by atoms with Crippen LogP contribution in [0.15, 0.2) is 36.4 Å². The van der Waals surface area contributed by atoms with Crippen LogP contribution in [0.2, 0.25) is 10.0 Å². The molecular formula is C16H11Cl2F2NO3. The van der Waals surface area contributed by atoms with E-state index in [1.165, 1.54) is 25.1 Å². The van der Waals surface area contributed by atoms with E-state index in [2.05, 4.69) is 0 Å². The van der Waals surface area contributed by atoms with Gasteiger partial charge in [0.2, 0.25) is 0 Å². The van der Waals surface area contributed by atoms with Crippen LogP contribution in [0.1, 0.15) is 17.3 Å². The molecule has 1 amide bonds. The number of anilines is 1. The summed E-state index contributed by atoms with van der Waals surface area (Å²) in [4.78, 5) is 23.9. The molecule has 24 heavy (non-hydrogen) atoms. The van der Waals surface area contributed by atoms with Crippen molar-refractivity contribution in [3.8, 4) is 0 Å². The predicted octanol–water partition coefficient (Wildman–Crippen LogP) is 4.46. The number of esters is 1. The van der Waals surface area contributed by atoms with Gasteiger partial charge in [-0.2, -0.15) is 0 Å². The lowest BCUT2D eigenvalue weighted by atomic mass is 10.2. The van der Waals surface area contributed by atoms with Gasteiger partial charge in [0.25, 0.3) is 5.91 Å². The first-order chi connectivity index (χ1) is 11.3. The zero-order chi connectivity index (χ0) is 17.9. The number of hydrogen-bond acceptors (Lipinski definition) is 3. The molecule has 4 nitrogen and oxygen atoms in total. The van der Waals surface area contributed by atoms with Gasteiger partial charge >= 0.3 is 5.97 Å². The molecule has 0 bridgehead atoms. The van der Waals surface area contributed by atoms with E-state index < -0.39 is 35.3 Å². The monoisotopic (exact) mass is 373 g/mol. The van der Waals surface area contributed by atoms with Gasteiger partial charge in [0.15, 0.2) is 6.10 Å². The Kier molecular flexibility index (Phi) is 5.75. The van der Waals surface area contributed by atoms with Crippen molar-refractivity contribution in [3.05, 3.63) is 63.6 Å². The van der Waals surface area contributed by atoms with Crippen molar-refractivity contribution < 1.29 is 23.1 Å². The van der Waals surface area contributed by atoms with Gasteiger partial charge in [0, 0.05) is 5.02 Å². The maximum atomic E-state index is 13.5. The third-order valence-electron chi connectivity index (χ3n) is 3.02. The highest BCUT2D eigenvalue weighted by Gasteiger charge is 2.22. The Morgan fingerprint density at radius 2 is 1.75 bits per heavy atom. The average Bonchev–Trinajstić information content (AvgIpc) is 2.50. The molecule has 0 heterocycles. The number of nitrogens with one attached hydrogen (secondary N) is 1. The number of rotatable bonds is 4. The van der Waals surface area contributed by atoms with E-state index in [0.29, 0.717) is 5.02 Å². The quantitative estimate of drug-likeness (QED) is 0.805. The highest BCUT2D eigenvalue weighted by Crippen LogP contribution is 2.22. The second-order valence-corrected chi connectivity index (χ2v) is 5.60. The Morgan fingerprint density at radius 3 is 2.33 bits per heavy atom. The summed E-state index contributed by atoms with van der Waals surface area (Å²) in [6.07, 6.45) is -1.30. The molecule has 0 unspecified atom stereocenters. The standard InChI is InChI=1S/C16H11Cl2F2NO3/c1-8(15(22)21-14-12(19)3-2-4-13(14)20)24-16(23)10-6-5-9(17)7-11(10)18/h2-8H,1H3,(H,21,22)/t8-/m1/s1. The van der Waals surface area contributed by atoms with Crippen molar-refractivity contribution in [2.24, 2.45) is 0 Å². The zero-order valence-electron chi connectivity index (χ0n) is 12.3. The molecule has 0 saturated heterocycles. The number of benzene rings is 2. The molecule has 0 fully saturated rings. The highest BCUT2D eigenvalue weighted by atomic mass is 35.5. The van der Waals surface area contributed by atoms with E-state index in [1.807, 2.05) is 5.32 Å². The van der Waals surface area contributed by atoms with Crippen LogP contribution in [0, 0.1) is 11.6 Å². The van der Waals surface area contributed by atoms with Gasteiger partial charge in [-0.05, 0) is 37.3 Å². The van der Waals surface area contributed by atoms with Crippen LogP contribution >= 0.6 is 23.2 Å². The lowest BCUT2D eigenvalue weighted by Gasteiger charge is -2.14. The van der Waals surface area contributed by atoms with Crippen molar-refractivity contribution in [1.82, 2.24) is 0 Å². The first kappa shape index (κ1) is 18.2. The molecule has 0 aliphatic heterocycles. The first-order valence-corrected chi connectivity index (χ1v) is 7.46. The van der Waals surface area contributed by atoms with Gasteiger partial charge in [-0.3, -0.25) is 4.79 Å². The summed E-state index contributed by atoms with van der Waals surface area (Å²) in [6.45, 7) is 1.26. The first-order valence-electron chi connectivity index (χ1n) is 6.70. The van der Waals surface area contributed by atoms with Gasteiger partial charge in [0.05, 0.1) is 10.6 Å². The molecule has 2 rings (SSSR count).